The Hall–Kier alpha value is -6.72. The fraction of sp³-hybridized carbons (Fsp3) is 0. The third-order valence-electron chi connectivity index (χ3n) is 8.84. The second-order valence-corrected chi connectivity index (χ2v) is 11.9. The first-order valence-electron chi connectivity index (χ1n) is 16.2. The summed E-state index contributed by atoms with van der Waals surface area (Å²) in [5, 5.41) is 1.98. The lowest BCUT2D eigenvalue weighted by molar-refractivity contribution is 0.670. The van der Waals surface area contributed by atoms with Crippen LogP contribution in [0.1, 0.15) is 0 Å². The SMILES string of the molecule is c1ccc(-c2ccc(-c3nc(-c4ccccc4)nc(-c4cccc5oc6c(-c7ccc(-c8ccccn8)cc7)cccc6c45)n3)cc2)cc1. The summed E-state index contributed by atoms with van der Waals surface area (Å²) < 4.78 is 6.62. The minimum atomic E-state index is 0.592. The molecule has 0 atom stereocenters. The maximum Gasteiger partial charge on any atom is 0.164 e. The molecule has 9 aromatic rings. The molecule has 9 rings (SSSR count). The van der Waals surface area contributed by atoms with Crippen LogP contribution < -0.4 is 0 Å². The Labute approximate surface area is 283 Å². The Morgan fingerprint density at radius 3 is 1.63 bits per heavy atom. The molecule has 0 bridgehead atoms. The average molecular weight is 629 g/mol. The highest BCUT2D eigenvalue weighted by Gasteiger charge is 2.19. The van der Waals surface area contributed by atoms with E-state index in [2.05, 4.69) is 102 Å². The number of benzene rings is 6. The number of fused-ring (bicyclic) bond motifs is 3. The van der Waals surface area contributed by atoms with Crippen LogP contribution in [0.5, 0.6) is 0 Å². The zero-order chi connectivity index (χ0) is 32.6. The lowest BCUT2D eigenvalue weighted by atomic mass is 9.99. The van der Waals surface area contributed by atoms with Crippen molar-refractivity contribution in [3.63, 3.8) is 0 Å². The molecule has 3 aromatic heterocycles. The van der Waals surface area contributed by atoms with Crippen molar-refractivity contribution in [2.75, 3.05) is 0 Å². The molecule has 0 radical (unpaired) electrons. The Bertz CT molecular complexity index is 2560. The maximum atomic E-state index is 6.62. The molecule has 0 N–H and O–H groups in total. The minimum Gasteiger partial charge on any atom is -0.455 e. The molecular formula is C44H28N4O. The summed E-state index contributed by atoms with van der Waals surface area (Å²) >= 11 is 0. The van der Waals surface area contributed by atoms with E-state index in [9.17, 15) is 0 Å². The quantitative estimate of drug-likeness (QED) is 0.183. The van der Waals surface area contributed by atoms with Gasteiger partial charge in [-0.3, -0.25) is 4.98 Å². The van der Waals surface area contributed by atoms with Crippen LogP contribution in [0.25, 0.3) is 89.6 Å². The molecule has 5 heteroatoms. The van der Waals surface area contributed by atoms with Crippen molar-refractivity contribution < 1.29 is 4.42 Å². The monoisotopic (exact) mass is 628 g/mol. The first-order valence-corrected chi connectivity index (χ1v) is 16.2. The molecule has 5 nitrogen and oxygen atoms in total. The van der Waals surface area contributed by atoms with Crippen molar-refractivity contribution in [3.8, 4) is 67.7 Å². The molecule has 0 saturated heterocycles. The van der Waals surface area contributed by atoms with Gasteiger partial charge in [0.2, 0.25) is 0 Å². The predicted octanol–water partition coefficient (Wildman–Crippen LogP) is 11.2. The molecule has 0 spiro atoms. The summed E-state index contributed by atoms with van der Waals surface area (Å²) in [6.07, 6.45) is 1.82. The van der Waals surface area contributed by atoms with Crippen LogP contribution in [0.3, 0.4) is 0 Å². The van der Waals surface area contributed by atoms with Gasteiger partial charge in [-0.05, 0) is 34.9 Å². The van der Waals surface area contributed by atoms with Gasteiger partial charge in [0.25, 0.3) is 0 Å². The van der Waals surface area contributed by atoms with E-state index in [0.717, 1.165) is 72.1 Å². The van der Waals surface area contributed by atoms with Crippen LogP contribution in [0, 0.1) is 0 Å². The topological polar surface area (TPSA) is 64.7 Å². The van der Waals surface area contributed by atoms with Crippen LogP contribution in [0.2, 0.25) is 0 Å². The highest BCUT2D eigenvalue weighted by atomic mass is 16.3. The van der Waals surface area contributed by atoms with Crippen molar-refractivity contribution in [1.29, 1.82) is 0 Å². The van der Waals surface area contributed by atoms with Gasteiger partial charge in [-0.25, -0.2) is 15.0 Å². The molecule has 49 heavy (non-hydrogen) atoms. The van der Waals surface area contributed by atoms with Gasteiger partial charge in [0.1, 0.15) is 11.2 Å². The van der Waals surface area contributed by atoms with Gasteiger partial charge >= 0.3 is 0 Å². The highest BCUT2D eigenvalue weighted by molar-refractivity contribution is 6.15. The van der Waals surface area contributed by atoms with Crippen molar-refractivity contribution in [1.82, 2.24) is 19.9 Å². The maximum absolute atomic E-state index is 6.62. The predicted molar refractivity (Wildman–Crippen MR) is 198 cm³/mol. The standard InChI is InChI=1S/C44H28N4O/c1-3-11-29(12-4-1)30-20-26-34(27-21-30)43-46-42(33-13-5-2-6-14-33)47-44(48-43)37-17-10-19-39-40(37)36-16-9-15-35(41(36)49-39)31-22-24-32(25-23-31)38-18-7-8-28-45-38/h1-28H. The van der Waals surface area contributed by atoms with Crippen molar-refractivity contribution in [3.05, 3.63) is 170 Å². The van der Waals surface area contributed by atoms with E-state index in [-0.39, 0.29) is 0 Å². The summed E-state index contributed by atoms with van der Waals surface area (Å²) in [7, 11) is 0. The molecule has 230 valence electrons. The Morgan fingerprint density at radius 1 is 0.367 bits per heavy atom. The van der Waals surface area contributed by atoms with E-state index in [0.29, 0.717) is 17.5 Å². The second kappa shape index (κ2) is 12.1. The normalized spacial score (nSPS) is 11.3. The molecule has 3 heterocycles. The Morgan fingerprint density at radius 2 is 0.918 bits per heavy atom. The first-order chi connectivity index (χ1) is 24.3. The van der Waals surface area contributed by atoms with E-state index in [4.69, 9.17) is 19.4 Å². The number of rotatable bonds is 6. The second-order valence-electron chi connectivity index (χ2n) is 11.9. The molecule has 0 aliphatic carbocycles. The van der Waals surface area contributed by atoms with E-state index in [1.54, 1.807) is 0 Å². The Kier molecular flexibility index (Phi) is 7.06. The summed E-state index contributed by atoms with van der Waals surface area (Å²) in [5.74, 6) is 1.82. The van der Waals surface area contributed by atoms with Crippen LogP contribution in [0.15, 0.2) is 174 Å². The van der Waals surface area contributed by atoms with Crippen LogP contribution >= 0.6 is 0 Å². The highest BCUT2D eigenvalue weighted by Crippen LogP contribution is 2.40. The number of hydrogen-bond donors (Lipinski definition) is 0. The lowest BCUT2D eigenvalue weighted by Crippen LogP contribution is -2.00. The van der Waals surface area contributed by atoms with Crippen LogP contribution in [-0.2, 0) is 0 Å². The molecule has 0 fully saturated rings. The lowest BCUT2D eigenvalue weighted by Gasteiger charge is -2.10. The van der Waals surface area contributed by atoms with Gasteiger partial charge in [0, 0.05) is 44.8 Å². The first kappa shape index (κ1) is 28.5. The summed E-state index contributed by atoms with van der Waals surface area (Å²) in [4.78, 5) is 19.6. The number of furan rings is 1. The van der Waals surface area contributed by atoms with E-state index < -0.39 is 0 Å². The van der Waals surface area contributed by atoms with Crippen molar-refractivity contribution in [2.24, 2.45) is 0 Å². The van der Waals surface area contributed by atoms with Gasteiger partial charge in [-0.15, -0.1) is 0 Å². The van der Waals surface area contributed by atoms with E-state index in [1.165, 1.54) is 0 Å². The van der Waals surface area contributed by atoms with E-state index in [1.807, 2.05) is 72.9 Å². The summed E-state index contributed by atoms with van der Waals surface area (Å²) in [5.41, 5.74) is 10.7. The van der Waals surface area contributed by atoms with Gasteiger partial charge in [-0.1, -0.05) is 146 Å². The van der Waals surface area contributed by atoms with Gasteiger partial charge in [0.15, 0.2) is 17.5 Å². The molecular weight excluding hydrogens is 601 g/mol. The number of para-hydroxylation sites is 1. The number of pyridine rings is 1. The summed E-state index contributed by atoms with van der Waals surface area (Å²) in [6, 6.07) is 55.6. The van der Waals surface area contributed by atoms with E-state index >= 15 is 0 Å². The average Bonchev–Trinajstić information content (AvgIpc) is 3.58. The third-order valence-corrected chi connectivity index (χ3v) is 8.84. The van der Waals surface area contributed by atoms with Gasteiger partial charge < -0.3 is 4.42 Å². The van der Waals surface area contributed by atoms with Crippen molar-refractivity contribution in [2.45, 2.75) is 0 Å². The molecule has 0 aliphatic heterocycles. The molecule has 6 aromatic carbocycles. The smallest absolute Gasteiger partial charge is 0.164 e. The third kappa shape index (κ3) is 5.33. The number of nitrogens with zero attached hydrogens (tertiary/aromatic N) is 4. The van der Waals surface area contributed by atoms with Crippen LogP contribution in [0.4, 0.5) is 0 Å². The van der Waals surface area contributed by atoms with Gasteiger partial charge in [-0.2, -0.15) is 0 Å². The zero-order valence-corrected chi connectivity index (χ0v) is 26.4. The largest absolute Gasteiger partial charge is 0.455 e. The summed E-state index contributed by atoms with van der Waals surface area (Å²) in [6.45, 7) is 0. The molecule has 0 aliphatic rings. The number of hydrogen-bond acceptors (Lipinski definition) is 5. The van der Waals surface area contributed by atoms with Gasteiger partial charge in [0.05, 0.1) is 5.69 Å². The van der Waals surface area contributed by atoms with Crippen LogP contribution in [-0.4, -0.2) is 19.9 Å². The molecule has 0 unspecified atom stereocenters. The minimum absolute atomic E-state index is 0.592. The fourth-order valence-electron chi connectivity index (χ4n) is 6.40. The molecule has 0 saturated carbocycles. The fourth-order valence-corrected chi connectivity index (χ4v) is 6.40. The Balaban J connectivity index is 1.18. The number of aromatic nitrogens is 4. The van der Waals surface area contributed by atoms with Crippen molar-refractivity contribution >= 4 is 21.9 Å². The zero-order valence-electron chi connectivity index (χ0n) is 26.4. The molecule has 0 amide bonds.